The highest BCUT2D eigenvalue weighted by Gasteiger charge is 2.35. The second-order valence-electron chi connectivity index (χ2n) is 4.40. The number of anilines is 1. The van der Waals surface area contributed by atoms with Gasteiger partial charge >= 0.3 is 12.1 Å². The molecule has 0 amide bonds. The van der Waals surface area contributed by atoms with Gasteiger partial charge in [-0.25, -0.2) is 9.78 Å². The molecule has 0 radical (unpaired) electrons. The van der Waals surface area contributed by atoms with E-state index in [4.69, 9.17) is 10.5 Å². The fourth-order valence-electron chi connectivity index (χ4n) is 1.97. The topological polar surface area (TPSA) is 65.2 Å². The number of esters is 1. The fraction of sp³-hybridized carbons (Fsp3) is 0.200. The SMILES string of the molecule is CCOC(=O)c1c(-c2ccccc2)cc(C(F)(F)F)nc1N. The minimum atomic E-state index is -4.66. The summed E-state index contributed by atoms with van der Waals surface area (Å²) in [4.78, 5) is 15.3. The summed E-state index contributed by atoms with van der Waals surface area (Å²) in [5, 5.41) is 0. The van der Waals surface area contributed by atoms with Crippen LogP contribution in [0.2, 0.25) is 0 Å². The molecule has 1 heterocycles. The van der Waals surface area contributed by atoms with Crippen LogP contribution in [0.5, 0.6) is 0 Å². The second kappa shape index (κ2) is 6.05. The highest BCUT2D eigenvalue weighted by Crippen LogP contribution is 2.35. The van der Waals surface area contributed by atoms with Gasteiger partial charge in [-0.1, -0.05) is 30.3 Å². The number of pyridine rings is 1. The number of nitrogens with two attached hydrogens (primary N) is 1. The van der Waals surface area contributed by atoms with Crippen LogP contribution in [0.25, 0.3) is 11.1 Å². The van der Waals surface area contributed by atoms with Crippen LogP contribution in [0.15, 0.2) is 36.4 Å². The summed E-state index contributed by atoms with van der Waals surface area (Å²) in [6.07, 6.45) is -4.66. The summed E-state index contributed by atoms with van der Waals surface area (Å²) in [7, 11) is 0. The van der Waals surface area contributed by atoms with E-state index in [1.807, 2.05) is 0 Å². The zero-order valence-corrected chi connectivity index (χ0v) is 11.6. The monoisotopic (exact) mass is 310 g/mol. The van der Waals surface area contributed by atoms with Crippen LogP contribution in [0, 0.1) is 0 Å². The molecule has 0 unspecified atom stereocenters. The number of aromatic nitrogens is 1. The molecule has 4 nitrogen and oxygen atoms in total. The van der Waals surface area contributed by atoms with Crippen molar-refractivity contribution in [2.75, 3.05) is 12.3 Å². The van der Waals surface area contributed by atoms with Crippen molar-refractivity contribution in [2.45, 2.75) is 13.1 Å². The third kappa shape index (κ3) is 3.19. The average Bonchev–Trinajstić information content (AvgIpc) is 2.46. The molecule has 0 spiro atoms. The van der Waals surface area contributed by atoms with Crippen LogP contribution in [-0.2, 0) is 10.9 Å². The van der Waals surface area contributed by atoms with Crippen LogP contribution in [0.3, 0.4) is 0 Å². The summed E-state index contributed by atoms with van der Waals surface area (Å²) in [5.41, 5.74) is 4.72. The molecular formula is C15H13F3N2O2. The summed E-state index contributed by atoms with van der Waals surface area (Å²) >= 11 is 0. The van der Waals surface area contributed by atoms with Crippen molar-refractivity contribution < 1.29 is 22.7 Å². The molecule has 0 atom stereocenters. The molecule has 2 N–H and O–H groups in total. The van der Waals surface area contributed by atoms with Gasteiger partial charge in [0.25, 0.3) is 0 Å². The zero-order chi connectivity index (χ0) is 16.3. The van der Waals surface area contributed by atoms with Crippen LogP contribution in [0.1, 0.15) is 23.0 Å². The lowest BCUT2D eigenvalue weighted by atomic mass is 9.99. The van der Waals surface area contributed by atoms with Gasteiger partial charge in [-0.3, -0.25) is 0 Å². The molecule has 0 bridgehead atoms. The largest absolute Gasteiger partial charge is 0.462 e. The summed E-state index contributed by atoms with van der Waals surface area (Å²) in [5.74, 6) is -1.31. The molecule has 0 aliphatic heterocycles. The number of carbonyl (C=O) groups excluding carboxylic acids is 1. The van der Waals surface area contributed by atoms with E-state index in [0.717, 1.165) is 6.07 Å². The van der Waals surface area contributed by atoms with Crippen molar-refractivity contribution in [3.05, 3.63) is 47.7 Å². The maximum atomic E-state index is 12.9. The number of rotatable bonds is 3. The Morgan fingerprint density at radius 3 is 2.45 bits per heavy atom. The average molecular weight is 310 g/mol. The van der Waals surface area contributed by atoms with E-state index in [9.17, 15) is 18.0 Å². The minimum Gasteiger partial charge on any atom is -0.462 e. The molecule has 0 aliphatic carbocycles. The van der Waals surface area contributed by atoms with E-state index in [1.54, 1.807) is 37.3 Å². The molecule has 0 saturated heterocycles. The maximum Gasteiger partial charge on any atom is 0.433 e. The van der Waals surface area contributed by atoms with Gasteiger partial charge in [0.15, 0.2) is 0 Å². The van der Waals surface area contributed by atoms with Gasteiger partial charge in [0, 0.05) is 5.56 Å². The Kier molecular flexibility index (Phi) is 4.35. The Morgan fingerprint density at radius 2 is 1.91 bits per heavy atom. The number of hydrogen-bond acceptors (Lipinski definition) is 4. The molecule has 7 heteroatoms. The van der Waals surface area contributed by atoms with Crippen molar-refractivity contribution in [3.8, 4) is 11.1 Å². The van der Waals surface area contributed by atoms with Gasteiger partial charge in [-0.15, -0.1) is 0 Å². The number of nitrogen functional groups attached to an aromatic ring is 1. The summed E-state index contributed by atoms with van der Waals surface area (Å²) in [6, 6.07) is 8.97. The highest BCUT2D eigenvalue weighted by atomic mass is 19.4. The molecule has 0 fully saturated rings. The predicted molar refractivity (Wildman–Crippen MR) is 75.0 cm³/mol. The molecular weight excluding hydrogens is 297 g/mol. The van der Waals surface area contributed by atoms with Crippen LogP contribution in [0.4, 0.5) is 19.0 Å². The van der Waals surface area contributed by atoms with Crippen molar-refractivity contribution in [1.82, 2.24) is 4.98 Å². The predicted octanol–water partition coefficient (Wildman–Crippen LogP) is 3.53. The van der Waals surface area contributed by atoms with Gasteiger partial charge in [-0.05, 0) is 18.6 Å². The molecule has 1 aromatic carbocycles. The molecule has 1 aromatic heterocycles. The second-order valence-corrected chi connectivity index (χ2v) is 4.40. The number of ether oxygens (including phenoxy) is 1. The van der Waals surface area contributed by atoms with Gasteiger partial charge in [0.05, 0.1) is 6.61 Å². The molecule has 0 aliphatic rings. The summed E-state index contributed by atoms with van der Waals surface area (Å²) < 4.78 is 43.6. The first-order valence-electron chi connectivity index (χ1n) is 6.44. The van der Waals surface area contributed by atoms with Gasteiger partial charge in [-0.2, -0.15) is 13.2 Å². The summed E-state index contributed by atoms with van der Waals surface area (Å²) in [6.45, 7) is 1.67. The van der Waals surface area contributed by atoms with E-state index < -0.39 is 23.7 Å². The van der Waals surface area contributed by atoms with Gasteiger partial charge in [0.1, 0.15) is 17.1 Å². The first-order chi connectivity index (χ1) is 10.3. The Morgan fingerprint density at radius 1 is 1.27 bits per heavy atom. The highest BCUT2D eigenvalue weighted by molar-refractivity contribution is 6.01. The molecule has 22 heavy (non-hydrogen) atoms. The molecule has 0 saturated carbocycles. The van der Waals surface area contributed by atoms with Crippen molar-refractivity contribution in [1.29, 1.82) is 0 Å². The van der Waals surface area contributed by atoms with E-state index in [0.29, 0.717) is 5.56 Å². The van der Waals surface area contributed by atoms with Crippen molar-refractivity contribution in [3.63, 3.8) is 0 Å². The lowest BCUT2D eigenvalue weighted by Gasteiger charge is -2.14. The Balaban J connectivity index is 2.70. The van der Waals surface area contributed by atoms with E-state index in [1.165, 1.54) is 0 Å². The zero-order valence-electron chi connectivity index (χ0n) is 11.6. The van der Waals surface area contributed by atoms with E-state index in [-0.39, 0.29) is 17.7 Å². The smallest absolute Gasteiger partial charge is 0.433 e. The lowest BCUT2D eigenvalue weighted by molar-refractivity contribution is -0.141. The molecule has 2 aromatic rings. The van der Waals surface area contributed by atoms with Gasteiger partial charge in [0.2, 0.25) is 0 Å². The van der Waals surface area contributed by atoms with E-state index in [2.05, 4.69) is 4.98 Å². The van der Waals surface area contributed by atoms with Crippen LogP contribution in [-0.4, -0.2) is 17.6 Å². The first kappa shape index (κ1) is 15.8. The normalized spacial score (nSPS) is 11.3. The van der Waals surface area contributed by atoms with Crippen LogP contribution >= 0.6 is 0 Å². The van der Waals surface area contributed by atoms with Crippen molar-refractivity contribution >= 4 is 11.8 Å². The number of halogens is 3. The van der Waals surface area contributed by atoms with E-state index >= 15 is 0 Å². The minimum absolute atomic E-state index is 0.0406. The lowest BCUT2D eigenvalue weighted by Crippen LogP contribution is -2.16. The number of carbonyl (C=O) groups is 1. The molecule has 116 valence electrons. The quantitative estimate of drug-likeness (QED) is 0.881. The third-order valence-electron chi connectivity index (χ3n) is 2.90. The van der Waals surface area contributed by atoms with Crippen LogP contribution < -0.4 is 5.73 Å². The first-order valence-corrected chi connectivity index (χ1v) is 6.44. The molecule has 2 rings (SSSR count). The number of nitrogens with zero attached hydrogens (tertiary/aromatic N) is 1. The number of hydrogen-bond donors (Lipinski definition) is 1. The third-order valence-corrected chi connectivity index (χ3v) is 2.90. The standard InChI is InChI=1S/C15H13F3N2O2/c1-2-22-14(21)12-10(9-6-4-3-5-7-9)8-11(15(16,17)18)20-13(12)19/h3-8H,2H2,1H3,(H2,19,20). The fourth-order valence-corrected chi connectivity index (χ4v) is 1.97. The Bertz CT molecular complexity index is 685. The number of benzene rings is 1. The van der Waals surface area contributed by atoms with Gasteiger partial charge < -0.3 is 10.5 Å². The van der Waals surface area contributed by atoms with Crippen molar-refractivity contribution in [2.24, 2.45) is 0 Å². The Labute approximate surface area is 124 Å². The number of alkyl halides is 3. The maximum absolute atomic E-state index is 12.9. The Hall–Kier alpha value is -2.57.